The van der Waals surface area contributed by atoms with Gasteiger partial charge < -0.3 is 0 Å². The predicted octanol–water partition coefficient (Wildman–Crippen LogP) is 5.72. The van der Waals surface area contributed by atoms with E-state index in [0.717, 1.165) is 6.42 Å². The van der Waals surface area contributed by atoms with Crippen LogP contribution in [-0.4, -0.2) is 8.07 Å². The highest BCUT2D eigenvalue weighted by Crippen LogP contribution is 2.38. The molecule has 0 spiro atoms. The van der Waals surface area contributed by atoms with Crippen LogP contribution < -0.4 is 21.1 Å². The molecule has 0 aromatic heterocycles. The standard InChI is InChI=1S/C27H29PSi/c1-21-12-11-17-25(21)26-19-18-24(29(2,3)4)20-27(26)28(22-13-7-5-8-14-22)23-15-9-6-10-16-23/h5-16,18-20H,17H2,1-4H3. The van der Waals surface area contributed by atoms with Crippen molar-refractivity contribution in [3.63, 3.8) is 0 Å². The summed E-state index contributed by atoms with van der Waals surface area (Å²) < 4.78 is 0. The average Bonchev–Trinajstić information content (AvgIpc) is 3.15. The molecule has 0 aliphatic heterocycles. The molecule has 2 heteroatoms. The molecular weight excluding hydrogens is 383 g/mol. The minimum atomic E-state index is -1.41. The Kier molecular flexibility index (Phi) is 5.72. The molecule has 0 radical (unpaired) electrons. The lowest BCUT2D eigenvalue weighted by molar-refractivity contribution is 1.42. The van der Waals surface area contributed by atoms with Crippen LogP contribution in [0.3, 0.4) is 0 Å². The summed E-state index contributed by atoms with van der Waals surface area (Å²) in [5.41, 5.74) is 4.33. The van der Waals surface area contributed by atoms with Gasteiger partial charge in [0.05, 0.1) is 8.07 Å². The summed E-state index contributed by atoms with van der Waals surface area (Å²) in [6.45, 7) is 9.59. The lowest BCUT2D eigenvalue weighted by Gasteiger charge is -2.26. The first-order chi connectivity index (χ1) is 13.9. The molecule has 0 N–H and O–H groups in total. The Morgan fingerprint density at radius 1 is 0.759 bits per heavy atom. The molecule has 0 saturated carbocycles. The lowest BCUT2D eigenvalue weighted by atomic mass is 10.0. The highest BCUT2D eigenvalue weighted by molar-refractivity contribution is 7.80. The maximum absolute atomic E-state index is 2.55. The largest absolute Gasteiger partial charge is 0.0798 e. The van der Waals surface area contributed by atoms with Gasteiger partial charge in [-0.25, -0.2) is 0 Å². The number of benzene rings is 3. The van der Waals surface area contributed by atoms with Crippen LogP contribution in [0.5, 0.6) is 0 Å². The fraction of sp³-hybridized carbons (Fsp3) is 0.185. The van der Waals surface area contributed by atoms with Crippen molar-refractivity contribution in [2.75, 3.05) is 0 Å². The van der Waals surface area contributed by atoms with Crippen molar-refractivity contribution in [1.29, 1.82) is 0 Å². The number of allylic oxidation sites excluding steroid dienone is 4. The summed E-state index contributed by atoms with van der Waals surface area (Å²) in [6, 6.07) is 29.5. The molecular formula is C27H29PSi. The van der Waals surface area contributed by atoms with E-state index in [1.165, 1.54) is 32.6 Å². The van der Waals surface area contributed by atoms with Crippen LogP contribution in [0.25, 0.3) is 5.57 Å². The van der Waals surface area contributed by atoms with Crippen LogP contribution in [-0.2, 0) is 0 Å². The minimum absolute atomic E-state index is 0.605. The van der Waals surface area contributed by atoms with Gasteiger partial charge >= 0.3 is 0 Å². The first-order valence-electron chi connectivity index (χ1n) is 10.4. The van der Waals surface area contributed by atoms with Crippen molar-refractivity contribution in [3.8, 4) is 0 Å². The smallest absolute Gasteiger partial charge is 0.0776 e. The Balaban J connectivity index is 1.99. The van der Waals surface area contributed by atoms with Crippen LogP contribution in [0.15, 0.2) is 96.6 Å². The second-order valence-electron chi connectivity index (χ2n) is 8.76. The van der Waals surface area contributed by atoms with Crippen molar-refractivity contribution < 1.29 is 0 Å². The van der Waals surface area contributed by atoms with Crippen molar-refractivity contribution in [1.82, 2.24) is 0 Å². The molecule has 1 aliphatic rings. The highest BCUT2D eigenvalue weighted by atomic mass is 31.1. The summed E-state index contributed by atoms with van der Waals surface area (Å²) in [7, 11) is -2.02. The molecule has 0 amide bonds. The van der Waals surface area contributed by atoms with Crippen LogP contribution in [0.2, 0.25) is 19.6 Å². The molecule has 3 aromatic carbocycles. The van der Waals surface area contributed by atoms with E-state index >= 15 is 0 Å². The van der Waals surface area contributed by atoms with E-state index in [9.17, 15) is 0 Å². The minimum Gasteiger partial charge on any atom is -0.0798 e. The molecule has 4 rings (SSSR count). The Morgan fingerprint density at radius 3 is 1.83 bits per heavy atom. The van der Waals surface area contributed by atoms with E-state index in [4.69, 9.17) is 0 Å². The van der Waals surface area contributed by atoms with Gasteiger partial charge in [0.1, 0.15) is 0 Å². The summed E-state index contributed by atoms with van der Waals surface area (Å²) in [5, 5.41) is 5.90. The van der Waals surface area contributed by atoms with Crippen LogP contribution >= 0.6 is 7.92 Å². The Hall–Kier alpha value is -2.21. The van der Waals surface area contributed by atoms with Gasteiger partial charge in [-0.15, -0.1) is 0 Å². The zero-order valence-electron chi connectivity index (χ0n) is 17.8. The molecule has 29 heavy (non-hydrogen) atoms. The Bertz CT molecular complexity index is 1020. The molecule has 0 nitrogen and oxygen atoms in total. The van der Waals surface area contributed by atoms with Crippen molar-refractivity contribution in [2.45, 2.75) is 33.0 Å². The zero-order valence-corrected chi connectivity index (χ0v) is 19.7. The topological polar surface area (TPSA) is 0 Å². The van der Waals surface area contributed by atoms with Gasteiger partial charge in [-0.05, 0) is 53.9 Å². The van der Waals surface area contributed by atoms with Crippen LogP contribution in [0, 0.1) is 0 Å². The molecule has 3 aromatic rings. The van der Waals surface area contributed by atoms with Gasteiger partial charge in [0.15, 0.2) is 0 Å². The van der Waals surface area contributed by atoms with Crippen molar-refractivity contribution in [3.05, 3.63) is 102 Å². The quantitative estimate of drug-likeness (QED) is 0.371. The van der Waals surface area contributed by atoms with E-state index in [1.807, 2.05) is 0 Å². The van der Waals surface area contributed by atoms with Gasteiger partial charge in [-0.1, -0.05) is 116 Å². The van der Waals surface area contributed by atoms with E-state index in [-0.39, 0.29) is 0 Å². The lowest BCUT2D eigenvalue weighted by Crippen LogP contribution is -2.40. The number of hydrogen-bond acceptors (Lipinski definition) is 0. The summed E-state index contributed by atoms with van der Waals surface area (Å²) in [5.74, 6) is 0. The summed E-state index contributed by atoms with van der Waals surface area (Å²) >= 11 is 0. The number of rotatable bonds is 5. The van der Waals surface area contributed by atoms with E-state index in [2.05, 4.69) is 118 Å². The fourth-order valence-corrected chi connectivity index (χ4v) is 7.75. The first kappa shape index (κ1) is 20.1. The fourth-order valence-electron chi connectivity index (χ4n) is 3.96. The van der Waals surface area contributed by atoms with Gasteiger partial charge in [-0.3, -0.25) is 0 Å². The van der Waals surface area contributed by atoms with Crippen LogP contribution in [0.1, 0.15) is 18.9 Å². The van der Waals surface area contributed by atoms with E-state index in [0.29, 0.717) is 0 Å². The zero-order chi connectivity index (χ0) is 20.4. The normalized spacial score (nSPS) is 14.1. The second-order valence-corrected chi connectivity index (χ2v) is 16.0. The summed E-state index contributed by atoms with van der Waals surface area (Å²) in [6.07, 6.45) is 5.62. The second kappa shape index (κ2) is 8.26. The monoisotopic (exact) mass is 412 g/mol. The van der Waals surface area contributed by atoms with E-state index in [1.54, 1.807) is 5.19 Å². The molecule has 0 fully saturated rings. The molecule has 146 valence electrons. The predicted molar refractivity (Wildman–Crippen MR) is 134 cm³/mol. The molecule has 0 heterocycles. The maximum Gasteiger partial charge on any atom is 0.0776 e. The Morgan fingerprint density at radius 2 is 1.34 bits per heavy atom. The third-order valence-electron chi connectivity index (χ3n) is 5.62. The van der Waals surface area contributed by atoms with Crippen molar-refractivity contribution in [2.24, 2.45) is 0 Å². The molecule has 0 bridgehead atoms. The van der Waals surface area contributed by atoms with Gasteiger partial charge in [0, 0.05) is 0 Å². The first-order valence-corrected chi connectivity index (χ1v) is 15.2. The maximum atomic E-state index is 2.55. The summed E-state index contributed by atoms with van der Waals surface area (Å²) in [4.78, 5) is 0. The highest BCUT2D eigenvalue weighted by Gasteiger charge is 2.25. The van der Waals surface area contributed by atoms with Gasteiger partial charge in [0.2, 0.25) is 0 Å². The average molecular weight is 413 g/mol. The SMILES string of the molecule is CC1=C(c2ccc([Si](C)(C)C)cc2P(c2ccccc2)c2ccccc2)CC=C1. The third-order valence-corrected chi connectivity index (χ3v) is 10.1. The third kappa shape index (κ3) is 4.22. The molecule has 1 aliphatic carbocycles. The molecule has 0 unspecified atom stereocenters. The van der Waals surface area contributed by atoms with Crippen LogP contribution in [0.4, 0.5) is 0 Å². The van der Waals surface area contributed by atoms with Crippen molar-refractivity contribution >= 4 is 42.7 Å². The molecule has 0 saturated heterocycles. The van der Waals surface area contributed by atoms with E-state index < -0.39 is 16.0 Å². The number of hydrogen-bond donors (Lipinski definition) is 0. The van der Waals surface area contributed by atoms with Gasteiger partial charge in [0.25, 0.3) is 0 Å². The Labute approximate surface area is 177 Å². The molecule has 0 atom stereocenters. The van der Waals surface area contributed by atoms with Gasteiger partial charge in [-0.2, -0.15) is 0 Å².